The molecule has 0 bridgehead atoms. The Balaban J connectivity index is 1.24. The van der Waals surface area contributed by atoms with E-state index in [0.717, 1.165) is 30.4 Å². The van der Waals surface area contributed by atoms with Crippen molar-refractivity contribution < 1.29 is 24.2 Å². The molecule has 0 aliphatic heterocycles. The first-order chi connectivity index (χ1) is 15.9. The van der Waals surface area contributed by atoms with Gasteiger partial charge in [0.15, 0.2) is 0 Å². The number of carboxylic acids is 1. The van der Waals surface area contributed by atoms with E-state index < -0.39 is 18.1 Å². The summed E-state index contributed by atoms with van der Waals surface area (Å²) in [4.78, 5) is 36.0. The highest BCUT2D eigenvalue weighted by atomic mass is 16.5. The number of hydrogen-bond acceptors (Lipinski definition) is 4. The van der Waals surface area contributed by atoms with Gasteiger partial charge in [0, 0.05) is 18.9 Å². The van der Waals surface area contributed by atoms with Crippen LogP contribution in [0.4, 0.5) is 4.79 Å². The van der Waals surface area contributed by atoms with Crippen LogP contribution in [0.3, 0.4) is 0 Å². The molecule has 2 atom stereocenters. The minimum Gasteiger partial charge on any atom is -0.480 e. The van der Waals surface area contributed by atoms with E-state index in [9.17, 15) is 19.5 Å². The summed E-state index contributed by atoms with van der Waals surface area (Å²) in [6, 6.07) is 15.5. The van der Waals surface area contributed by atoms with Crippen LogP contribution < -0.4 is 10.6 Å². The highest BCUT2D eigenvalue weighted by molar-refractivity contribution is 5.84. The number of alkyl carbamates (subject to hydrolysis) is 1. The SMILES string of the molecule is CC(CNC(=O)OCC1c2ccccc2-c2ccccc21)CC(=O)NC(C(=O)O)C1CCC1. The zero-order chi connectivity index (χ0) is 23.4. The number of amides is 2. The van der Waals surface area contributed by atoms with Crippen molar-refractivity contribution in [3.8, 4) is 11.1 Å². The van der Waals surface area contributed by atoms with Crippen LogP contribution in [0.1, 0.15) is 49.7 Å². The van der Waals surface area contributed by atoms with Gasteiger partial charge in [0.2, 0.25) is 5.91 Å². The van der Waals surface area contributed by atoms with Crippen molar-refractivity contribution in [1.82, 2.24) is 10.6 Å². The maximum Gasteiger partial charge on any atom is 0.407 e. The third-order valence-electron chi connectivity index (χ3n) is 6.68. The molecule has 7 nitrogen and oxygen atoms in total. The summed E-state index contributed by atoms with van der Waals surface area (Å²) in [7, 11) is 0. The number of hydrogen-bond donors (Lipinski definition) is 3. The normalized spacial score (nSPS) is 16.6. The van der Waals surface area contributed by atoms with Crippen molar-refractivity contribution in [2.45, 2.75) is 44.6 Å². The van der Waals surface area contributed by atoms with E-state index in [1.165, 1.54) is 11.1 Å². The first kappa shape index (κ1) is 22.8. The quantitative estimate of drug-likeness (QED) is 0.537. The van der Waals surface area contributed by atoms with E-state index in [0.29, 0.717) is 0 Å². The van der Waals surface area contributed by atoms with E-state index in [1.54, 1.807) is 0 Å². The zero-order valence-corrected chi connectivity index (χ0v) is 18.8. The summed E-state index contributed by atoms with van der Waals surface area (Å²) >= 11 is 0. The van der Waals surface area contributed by atoms with Gasteiger partial charge in [-0.2, -0.15) is 0 Å². The zero-order valence-electron chi connectivity index (χ0n) is 18.8. The molecule has 3 N–H and O–H groups in total. The van der Waals surface area contributed by atoms with E-state index in [4.69, 9.17) is 4.74 Å². The van der Waals surface area contributed by atoms with Crippen molar-refractivity contribution in [3.05, 3.63) is 59.7 Å². The lowest BCUT2D eigenvalue weighted by molar-refractivity contribution is -0.144. The molecule has 33 heavy (non-hydrogen) atoms. The van der Waals surface area contributed by atoms with Gasteiger partial charge in [-0.3, -0.25) is 4.79 Å². The molecule has 7 heteroatoms. The monoisotopic (exact) mass is 450 g/mol. The summed E-state index contributed by atoms with van der Waals surface area (Å²) in [6.45, 7) is 2.34. The van der Waals surface area contributed by atoms with E-state index in [1.807, 2.05) is 31.2 Å². The van der Waals surface area contributed by atoms with Crippen molar-refractivity contribution in [2.75, 3.05) is 13.2 Å². The van der Waals surface area contributed by atoms with Gasteiger partial charge in [0.05, 0.1) is 0 Å². The predicted octanol–water partition coefficient (Wildman–Crippen LogP) is 3.92. The second-order valence-corrected chi connectivity index (χ2v) is 9.09. The third kappa shape index (κ3) is 5.18. The molecule has 1 fully saturated rings. The molecular weight excluding hydrogens is 420 g/mol. The summed E-state index contributed by atoms with van der Waals surface area (Å²) in [5, 5.41) is 14.7. The van der Waals surface area contributed by atoms with Gasteiger partial charge in [-0.05, 0) is 46.9 Å². The molecule has 2 amide bonds. The minimum atomic E-state index is -0.988. The second kappa shape index (κ2) is 10.1. The fraction of sp³-hybridized carbons (Fsp3) is 0.423. The van der Waals surface area contributed by atoms with Crippen molar-refractivity contribution in [1.29, 1.82) is 0 Å². The van der Waals surface area contributed by atoms with Crippen LogP contribution in [0.15, 0.2) is 48.5 Å². The van der Waals surface area contributed by atoms with Crippen LogP contribution in [-0.2, 0) is 14.3 Å². The molecule has 174 valence electrons. The number of nitrogens with one attached hydrogen (secondary N) is 2. The van der Waals surface area contributed by atoms with Crippen molar-refractivity contribution in [3.63, 3.8) is 0 Å². The lowest BCUT2D eigenvalue weighted by Gasteiger charge is -2.31. The van der Waals surface area contributed by atoms with Crippen LogP contribution >= 0.6 is 0 Å². The number of benzene rings is 2. The third-order valence-corrected chi connectivity index (χ3v) is 6.68. The molecule has 1 saturated carbocycles. The highest BCUT2D eigenvalue weighted by Crippen LogP contribution is 2.44. The average molecular weight is 451 g/mol. The average Bonchev–Trinajstić information content (AvgIpc) is 3.08. The van der Waals surface area contributed by atoms with Gasteiger partial charge in [0.1, 0.15) is 12.6 Å². The second-order valence-electron chi connectivity index (χ2n) is 9.09. The number of fused-ring (bicyclic) bond motifs is 3. The van der Waals surface area contributed by atoms with Crippen LogP contribution in [0.2, 0.25) is 0 Å². The van der Waals surface area contributed by atoms with Gasteiger partial charge in [-0.1, -0.05) is 61.9 Å². The van der Waals surface area contributed by atoms with Gasteiger partial charge in [0.25, 0.3) is 0 Å². The van der Waals surface area contributed by atoms with Gasteiger partial charge < -0.3 is 20.5 Å². The Morgan fingerprint density at radius 1 is 1.03 bits per heavy atom. The number of carbonyl (C=O) groups excluding carboxylic acids is 2. The van der Waals surface area contributed by atoms with Gasteiger partial charge in [-0.25, -0.2) is 9.59 Å². The maximum atomic E-state index is 12.3. The maximum absolute atomic E-state index is 12.3. The fourth-order valence-electron chi connectivity index (χ4n) is 4.68. The Hall–Kier alpha value is -3.35. The standard InChI is InChI=1S/C26H30N2O5/c1-16(13-23(29)28-24(25(30)31)17-7-6-8-17)14-27-26(32)33-15-22-20-11-4-2-9-18(20)19-10-3-5-12-21(19)22/h2-5,9-12,16-17,22,24H,6-8,13-15H2,1H3,(H,27,32)(H,28,29)(H,30,31). The first-order valence-corrected chi connectivity index (χ1v) is 11.5. The van der Waals surface area contributed by atoms with Gasteiger partial charge >= 0.3 is 12.1 Å². The topological polar surface area (TPSA) is 105 Å². The van der Waals surface area contributed by atoms with Crippen molar-refractivity contribution >= 4 is 18.0 Å². The summed E-state index contributed by atoms with van der Waals surface area (Å²) in [5.41, 5.74) is 4.64. The molecule has 2 aliphatic carbocycles. The molecule has 0 radical (unpaired) electrons. The van der Waals surface area contributed by atoms with E-state index in [2.05, 4.69) is 34.9 Å². The molecule has 0 aromatic heterocycles. The van der Waals surface area contributed by atoms with E-state index >= 15 is 0 Å². The summed E-state index contributed by atoms with van der Waals surface area (Å²) in [6.07, 6.45) is 2.28. The lowest BCUT2D eigenvalue weighted by atomic mass is 9.79. The highest BCUT2D eigenvalue weighted by Gasteiger charge is 2.34. The number of rotatable bonds is 9. The molecule has 2 aromatic rings. The number of carbonyl (C=O) groups is 3. The number of ether oxygens (including phenoxy) is 1. The molecule has 0 saturated heterocycles. The Labute approximate surface area is 193 Å². The lowest BCUT2D eigenvalue weighted by Crippen LogP contribution is -2.48. The van der Waals surface area contributed by atoms with Crippen LogP contribution in [0, 0.1) is 11.8 Å². The predicted molar refractivity (Wildman–Crippen MR) is 124 cm³/mol. The van der Waals surface area contributed by atoms with Gasteiger partial charge in [-0.15, -0.1) is 0 Å². The Morgan fingerprint density at radius 3 is 2.18 bits per heavy atom. The molecule has 4 rings (SSSR count). The largest absolute Gasteiger partial charge is 0.480 e. The summed E-state index contributed by atoms with van der Waals surface area (Å²) in [5.74, 6) is -1.44. The van der Waals surface area contributed by atoms with Crippen LogP contribution in [0.25, 0.3) is 11.1 Å². The van der Waals surface area contributed by atoms with Crippen molar-refractivity contribution in [2.24, 2.45) is 11.8 Å². The molecule has 0 spiro atoms. The van der Waals surface area contributed by atoms with E-state index in [-0.39, 0.29) is 43.2 Å². The molecule has 2 aromatic carbocycles. The van der Waals surface area contributed by atoms with Crippen LogP contribution in [0.5, 0.6) is 0 Å². The Kier molecular flexibility index (Phi) is 6.96. The number of carboxylic acid groups (broad SMARTS) is 1. The number of aliphatic carboxylic acids is 1. The molecular formula is C26H30N2O5. The molecule has 2 aliphatic rings. The summed E-state index contributed by atoms with van der Waals surface area (Å²) < 4.78 is 5.52. The van der Waals surface area contributed by atoms with Crippen LogP contribution in [-0.4, -0.2) is 42.3 Å². The minimum absolute atomic E-state index is 0.00851. The fourth-order valence-corrected chi connectivity index (χ4v) is 4.68. The smallest absolute Gasteiger partial charge is 0.407 e. The Morgan fingerprint density at radius 2 is 1.64 bits per heavy atom. The molecule has 0 heterocycles. The Bertz CT molecular complexity index is 987. The molecule has 2 unspecified atom stereocenters. The first-order valence-electron chi connectivity index (χ1n) is 11.5.